The number of halogens is 1. The Morgan fingerprint density at radius 1 is 1.26 bits per heavy atom. The Balaban J connectivity index is 0.00000341. The molecule has 0 saturated carbocycles. The third-order valence-corrected chi connectivity index (χ3v) is 7.05. The predicted molar refractivity (Wildman–Crippen MR) is 143 cm³/mol. The summed E-state index contributed by atoms with van der Waals surface area (Å²) >= 11 is 1.87. The summed E-state index contributed by atoms with van der Waals surface area (Å²) in [6.07, 6.45) is 2.59. The second-order valence-electron chi connectivity index (χ2n) is 8.88. The van der Waals surface area contributed by atoms with E-state index in [1.807, 2.05) is 11.3 Å². The molecule has 2 N–H and O–H groups in total. The molecule has 0 amide bonds. The van der Waals surface area contributed by atoms with Crippen LogP contribution in [0, 0.1) is 11.8 Å². The summed E-state index contributed by atoms with van der Waals surface area (Å²) in [4.78, 5) is 11.6. The summed E-state index contributed by atoms with van der Waals surface area (Å²) in [5, 5.41) is 9.27. The molecule has 31 heavy (non-hydrogen) atoms. The average Bonchev–Trinajstić information content (AvgIpc) is 3.26. The van der Waals surface area contributed by atoms with Crippen LogP contribution in [0.4, 0.5) is 0 Å². The highest BCUT2D eigenvalue weighted by Gasteiger charge is 2.24. The molecule has 8 heteroatoms. The molecule has 178 valence electrons. The van der Waals surface area contributed by atoms with Crippen molar-refractivity contribution in [2.24, 2.45) is 16.8 Å². The van der Waals surface area contributed by atoms with Crippen molar-refractivity contribution in [1.82, 2.24) is 20.4 Å². The summed E-state index contributed by atoms with van der Waals surface area (Å²) in [5.41, 5.74) is 0. The number of nitrogens with one attached hydrogen (secondary N) is 2. The van der Waals surface area contributed by atoms with Crippen molar-refractivity contribution in [2.45, 2.75) is 46.2 Å². The number of hydrogen-bond donors (Lipinski definition) is 2. The lowest BCUT2D eigenvalue weighted by Gasteiger charge is -2.36. The van der Waals surface area contributed by atoms with E-state index in [4.69, 9.17) is 9.73 Å². The maximum atomic E-state index is 5.54. The Hall–Kier alpha value is -0.420. The van der Waals surface area contributed by atoms with Gasteiger partial charge in [0, 0.05) is 50.2 Å². The second kappa shape index (κ2) is 14.7. The van der Waals surface area contributed by atoms with Gasteiger partial charge in [0.05, 0.1) is 19.8 Å². The Morgan fingerprint density at radius 2 is 2.06 bits per heavy atom. The van der Waals surface area contributed by atoms with Crippen LogP contribution in [0.1, 0.15) is 38.5 Å². The maximum Gasteiger partial charge on any atom is 0.191 e. The molecule has 0 bridgehead atoms. The fourth-order valence-corrected chi connectivity index (χ4v) is 5.26. The smallest absolute Gasteiger partial charge is 0.191 e. The molecule has 6 nitrogen and oxygen atoms in total. The normalized spacial score (nSPS) is 22.2. The zero-order valence-corrected chi connectivity index (χ0v) is 22.7. The first-order chi connectivity index (χ1) is 14.7. The molecule has 2 fully saturated rings. The van der Waals surface area contributed by atoms with E-state index in [1.54, 1.807) is 0 Å². The Kier molecular flexibility index (Phi) is 12.7. The van der Waals surface area contributed by atoms with Gasteiger partial charge >= 0.3 is 0 Å². The van der Waals surface area contributed by atoms with Crippen LogP contribution in [0.3, 0.4) is 0 Å². The van der Waals surface area contributed by atoms with E-state index in [0.717, 1.165) is 58.4 Å². The van der Waals surface area contributed by atoms with Crippen molar-refractivity contribution < 1.29 is 4.74 Å². The van der Waals surface area contributed by atoms with Crippen molar-refractivity contribution >= 4 is 41.3 Å². The van der Waals surface area contributed by atoms with Gasteiger partial charge < -0.3 is 15.4 Å². The molecule has 2 unspecified atom stereocenters. The second-order valence-corrected chi connectivity index (χ2v) is 9.92. The summed E-state index contributed by atoms with van der Waals surface area (Å²) < 4.78 is 5.54. The number of guanidine groups is 1. The van der Waals surface area contributed by atoms with Crippen molar-refractivity contribution in [1.29, 1.82) is 0 Å². The molecule has 1 aromatic rings. The van der Waals surface area contributed by atoms with Gasteiger partial charge in [0.25, 0.3) is 0 Å². The molecule has 1 aromatic heterocycles. The van der Waals surface area contributed by atoms with Gasteiger partial charge in [-0.3, -0.25) is 14.8 Å². The minimum atomic E-state index is 0. The Bertz CT molecular complexity index is 621. The highest BCUT2D eigenvalue weighted by Crippen LogP contribution is 2.20. The minimum absolute atomic E-state index is 0. The highest BCUT2D eigenvalue weighted by molar-refractivity contribution is 14.0. The number of hydrogen-bond acceptors (Lipinski definition) is 5. The van der Waals surface area contributed by atoms with Crippen LogP contribution in [-0.2, 0) is 11.3 Å². The summed E-state index contributed by atoms with van der Waals surface area (Å²) in [7, 11) is 0. The third kappa shape index (κ3) is 9.15. The van der Waals surface area contributed by atoms with Crippen LogP contribution in [0.25, 0.3) is 0 Å². The monoisotopic (exact) mass is 563 g/mol. The first kappa shape index (κ1) is 26.8. The van der Waals surface area contributed by atoms with Gasteiger partial charge in [-0.25, -0.2) is 0 Å². The van der Waals surface area contributed by atoms with Crippen LogP contribution in [0.2, 0.25) is 0 Å². The topological polar surface area (TPSA) is 52.1 Å². The molecule has 0 radical (unpaired) electrons. The van der Waals surface area contributed by atoms with Gasteiger partial charge in [-0.1, -0.05) is 19.9 Å². The number of rotatable bonds is 9. The first-order valence-electron chi connectivity index (χ1n) is 11.7. The van der Waals surface area contributed by atoms with Gasteiger partial charge in [0.2, 0.25) is 0 Å². The number of aliphatic imine (C=N–C) groups is 1. The zero-order chi connectivity index (χ0) is 21.2. The Labute approximate surface area is 210 Å². The number of ether oxygens (including phenoxy) is 1. The fourth-order valence-electron chi connectivity index (χ4n) is 4.51. The van der Waals surface area contributed by atoms with E-state index in [-0.39, 0.29) is 24.0 Å². The van der Waals surface area contributed by atoms with Crippen LogP contribution >= 0.6 is 35.3 Å². The zero-order valence-electron chi connectivity index (χ0n) is 19.5. The molecular formula is C23H42IN5OS. The van der Waals surface area contributed by atoms with Crippen LogP contribution in [0.5, 0.6) is 0 Å². The molecular weight excluding hydrogens is 521 g/mol. The van der Waals surface area contributed by atoms with E-state index in [9.17, 15) is 0 Å². The van der Waals surface area contributed by atoms with Gasteiger partial charge in [-0.05, 0) is 49.6 Å². The lowest BCUT2D eigenvalue weighted by Crippen LogP contribution is -2.48. The predicted octanol–water partition coefficient (Wildman–Crippen LogP) is 3.49. The molecule has 0 spiro atoms. The largest absolute Gasteiger partial charge is 0.379 e. The van der Waals surface area contributed by atoms with Gasteiger partial charge in [-0.15, -0.1) is 35.3 Å². The van der Waals surface area contributed by atoms with Crippen LogP contribution in [-0.4, -0.2) is 80.8 Å². The van der Waals surface area contributed by atoms with Crippen molar-refractivity contribution in [3.05, 3.63) is 22.4 Å². The fraction of sp³-hybridized carbons (Fsp3) is 0.783. The molecule has 3 rings (SSSR count). The minimum Gasteiger partial charge on any atom is -0.379 e. The van der Waals surface area contributed by atoms with Crippen molar-refractivity contribution in [3.63, 3.8) is 0 Å². The van der Waals surface area contributed by atoms with Crippen LogP contribution in [0.15, 0.2) is 22.5 Å². The molecule has 2 aliphatic heterocycles. The van der Waals surface area contributed by atoms with Crippen molar-refractivity contribution in [3.8, 4) is 0 Å². The Morgan fingerprint density at radius 3 is 2.74 bits per heavy atom. The standard InChI is InChI=1S/C23H41N5OS.HI/c1-4-24-23(26-16-22(19(2)3)28-10-12-29-13-11-28)25-15-20-7-5-9-27(17-20)18-21-8-6-14-30-21;/h6,8,14,19-20,22H,4-5,7,9-13,15-18H2,1-3H3,(H2,24,25,26);1H. The van der Waals surface area contributed by atoms with E-state index >= 15 is 0 Å². The lowest BCUT2D eigenvalue weighted by atomic mass is 9.98. The van der Waals surface area contributed by atoms with E-state index in [0.29, 0.717) is 17.9 Å². The molecule has 2 saturated heterocycles. The average molecular weight is 564 g/mol. The van der Waals surface area contributed by atoms with Crippen LogP contribution < -0.4 is 10.6 Å². The quantitative estimate of drug-likeness (QED) is 0.274. The van der Waals surface area contributed by atoms with E-state index in [2.05, 4.69) is 58.7 Å². The number of thiophene rings is 1. The summed E-state index contributed by atoms with van der Waals surface area (Å²) in [6.45, 7) is 16.7. The van der Waals surface area contributed by atoms with Gasteiger partial charge in [-0.2, -0.15) is 0 Å². The van der Waals surface area contributed by atoms with Gasteiger partial charge in [0.15, 0.2) is 5.96 Å². The van der Waals surface area contributed by atoms with E-state index in [1.165, 1.54) is 30.8 Å². The number of morpholine rings is 1. The number of nitrogens with zero attached hydrogens (tertiary/aromatic N) is 3. The molecule has 2 aliphatic rings. The van der Waals surface area contributed by atoms with E-state index < -0.39 is 0 Å². The van der Waals surface area contributed by atoms with Gasteiger partial charge in [0.1, 0.15) is 0 Å². The summed E-state index contributed by atoms with van der Waals surface area (Å²) in [6, 6.07) is 4.88. The molecule has 3 heterocycles. The molecule has 2 atom stereocenters. The molecule has 0 aromatic carbocycles. The number of piperidine rings is 1. The lowest BCUT2D eigenvalue weighted by molar-refractivity contribution is 0.00867. The molecule has 0 aliphatic carbocycles. The third-order valence-electron chi connectivity index (χ3n) is 6.19. The van der Waals surface area contributed by atoms with Crippen molar-refractivity contribution in [2.75, 3.05) is 59.0 Å². The summed E-state index contributed by atoms with van der Waals surface area (Å²) in [5.74, 6) is 2.23. The SMILES string of the molecule is CCNC(=NCC(C(C)C)N1CCOCC1)NCC1CCCN(Cc2cccs2)C1.I. The highest BCUT2D eigenvalue weighted by atomic mass is 127. The number of likely N-dealkylation sites (tertiary alicyclic amines) is 1. The maximum absolute atomic E-state index is 5.54. The first-order valence-corrected chi connectivity index (χ1v) is 12.6.